The second kappa shape index (κ2) is 5.80. The molecule has 0 aliphatic carbocycles. The van der Waals surface area contributed by atoms with Gasteiger partial charge in [0.05, 0.1) is 12.6 Å². The number of nitrogens with one attached hydrogen (secondary N) is 1. The van der Waals surface area contributed by atoms with E-state index in [0.29, 0.717) is 13.1 Å². The van der Waals surface area contributed by atoms with Crippen molar-refractivity contribution in [1.29, 1.82) is 0 Å². The van der Waals surface area contributed by atoms with E-state index in [4.69, 9.17) is 0 Å². The fraction of sp³-hybridized carbons (Fsp3) is 0.583. The molecular weight excluding hydrogens is 284 g/mol. The summed E-state index contributed by atoms with van der Waals surface area (Å²) in [6, 6.07) is 3.17. The minimum absolute atomic E-state index is 0.0385. The van der Waals surface area contributed by atoms with Gasteiger partial charge in [-0.15, -0.1) is 0 Å². The van der Waals surface area contributed by atoms with Gasteiger partial charge in [-0.1, -0.05) is 0 Å². The van der Waals surface area contributed by atoms with Crippen LogP contribution in [0.15, 0.2) is 27.6 Å². The van der Waals surface area contributed by atoms with E-state index in [2.05, 4.69) is 21.2 Å². The number of hydrogen-bond acceptors (Lipinski definition) is 3. The molecule has 0 saturated heterocycles. The van der Waals surface area contributed by atoms with Crippen LogP contribution in [0.3, 0.4) is 0 Å². The van der Waals surface area contributed by atoms with Gasteiger partial charge in [0.25, 0.3) is 5.56 Å². The molecule has 0 fully saturated rings. The Bertz CT molecular complexity index is 423. The first kappa shape index (κ1) is 14.4. The quantitative estimate of drug-likeness (QED) is 0.883. The zero-order valence-corrected chi connectivity index (χ0v) is 12.0. The lowest BCUT2D eigenvalue weighted by atomic mass is 10.1. The fourth-order valence-electron chi connectivity index (χ4n) is 1.36. The summed E-state index contributed by atoms with van der Waals surface area (Å²) in [4.78, 5) is 11.5. The van der Waals surface area contributed by atoms with E-state index in [9.17, 15) is 9.90 Å². The van der Waals surface area contributed by atoms with Crippen LogP contribution >= 0.6 is 15.9 Å². The number of halogens is 1. The SMILES string of the molecule is CC(C)(C)NCC(O)Cn1cc(Br)ccc1=O. The maximum atomic E-state index is 11.5. The van der Waals surface area contributed by atoms with E-state index < -0.39 is 6.10 Å². The monoisotopic (exact) mass is 302 g/mol. The highest BCUT2D eigenvalue weighted by Gasteiger charge is 2.12. The first-order valence-electron chi connectivity index (χ1n) is 5.57. The Hall–Kier alpha value is -0.650. The van der Waals surface area contributed by atoms with Crippen LogP contribution in [0.1, 0.15) is 20.8 Å². The highest BCUT2D eigenvalue weighted by Crippen LogP contribution is 2.05. The Morgan fingerprint density at radius 3 is 2.71 bits per heavy atom. The van der Waals surface area contributed by atoms with E-state index >= 15 is 0 Å². The molecule has 0 saturated carbocycles. The van der Waals surface area contributed by atoms with E-state index in [-0.39, 0.29) is 11.1 Å². The molecule has 0 aromatic carbocycles. The Balaban J connectivity index is 2.59. The van der Waals surface area contributed by atoms with Crippen molar-refractivity contribution >= 4 is 15.9 Å². The second-order valence-electron chi connectivity index (χ2n) is 5.12. The van der Waals surface area contributed by atoms with Crippen molar-refractivity contribution in [2.45, 2.75) is 39.0 Å². The highest BCUT2D eigenvalue weighted by molar-refractivity contribution is 9.10. The summed E-state index contributed by atoms with van der Waals surface area (Å²) in [5.74, 6) is 0. The largest absolute Gasteiger partial charge is 0.390 e. The van der Waals surface area contributed by atoms with Crippen LogP contribution in [0.5, 0.6) is 0 Å². The van der Waals surface area contributed by atoms with Crippen LogP contribution in [0.25, 0.3) is 0 Å². The molecule has 96 valence electrons. The summed E-state index contributed by atoms with van der Waals surface area (Å²) in [6.07, 6.45) is 1.10. The van der Waals surface area contributed by atoms with Gasteiger partial charge >= 0.3 is 0 Å². The normalized spacial score (nSPS) is 13.7. The molecule has 0 radical (unpaired) electrons. The number of aromatic nitrogens is 1. The topological polar surface area (TPSA) is 54.3 Å². The average molecular weight is 303 g/mol. The summed E-state index contributed by atoms with van der Waals surface area (Å²) in [5.41, 5.74) is -0.147. The van der Waals surface area contributed by atoms with Gasteiger partial charge in [-0.3, -0.25) is 4.79 Å². The minimum atomic E-state index is -0.582. The predicted molar refractivity (Wildman–Crippen MR) is 72.2 cm³/mol. The third-order valence-corrected chi connectivity index (χ3v) is 2.69. The second-order valence-corrected chi connectivity index (χ2v) is 6.04. The third-order valence-electron chi connectivity index (χ3n) is 2.22. The smallest absolute Gasteiger partial charge is 0.250 e. The van der Waals surface area contributed by atoms with Gasteiger partial charge in [0.15, 0.2) is 0 Å². The molecule has 1 unspecified atom stereocenters. The van der Waals surface area contributed by atoms with E-state index in [0.717, 1.165) is 4.47 Å². The maximum Gasteiger partial charge on any atom is 0.250 e. The third kappa shape index (κ3) is 5.48. The van der Waals surface area contributed by atoms with Crippen molar-refractivity contribution in [3.05, 3.63) is 33.2 Å². The Labute approximate surface area is 110 Å². The molecule has 0 bridgehead atoms. The lowest BCUT2D eigenvalue weighted by Gasteiger charge is -2.23. The van der Waals surface area contributed by atoms with Crippen LogP contribution < -0.4 is 10.9 Å². The number of hydrogen-bond donors (Lipinski definition) is 2. The molecule has 0 amide bonds. The molecule has 4 nitrogen and oxygen atoms in total. The number of aliphatic hydroxyl groups excluding tert-OH is 1. The highest BCUT2D eigenvalue weighted by atomic mass is 79.9. The van der Waals surface area contributed by atoms with E-state index in [1.165, 1.54) is 10.6 Å². The molecule has 17 heavy (non-hydrogen) atoms. The number of rotatable bonds is 4. The van der Waals surface area contributed by atoms with Crippen LogP contribution in [0.2, 0.25) is 0 Å². The van der Waals surface area contributed by atoms with Gasteiger partial charge in [0, 0.05) is 28.8 Å². The van der Waals surface area contributed by atoms with Gasteiger partial charge in [-0.2, -0.15) is 0 Å². The van der Waals surface area contributed by atoms with Crippen molar-refractivity contribution in [3.63, 3.8) is 0 Å². The lowest BCUT2D eigenvalue weighted by Crippen LogP contribution is -2.42. The first-order valence-corrected chi connectivity index (χ1v) is 6.36. The number of aliphatic hydroxyl groups is 1. The Kier molecular flexibility index (Phi) is 4.91. The zero-order chi connectivity index (χ0) is 13.1. The molecule has 5 heteroatoms. The number of β-amino-alcohol motifs (C(OH)–C–C–N with tert-alkyl or cyclic N) is 1. The number of pyridine rings is 1. The Morgan fingerprint density at radius 2 is 2.12 bits per heavy atom. The molecule has 1 aromatic rings. The number of nitrogens with zero attached hydrogens (tertiary/aromatic N) is 1. The molecule has 0 aliphatic heterocycles. The molecule has 1 aromatic heterocycles. The predicted octanol–water partition coefficient (Wildman–Crippen LogP) is 1.36. The molecule has 1 rings (SSSR count). The Morgan fingerprint density at radius 1 is 1.47 bits per heavy atom. The van der Waals surface area contributed by atoms with Crippen LogP contribution in [-0.2, 0) is 6.54 Å². The summed E-state index contributed by atoms with van der Waals surface area (Å²) in [7, 11) is 0. The molecule has 0 aliphatic rings. The summed E-state index contributed by atoms with van der Waals surface area (Å²) in [5, 5.41) is 13.0. The molecule has 2 N–H and O–H groups in total. The van der Waals surface area contributed by atoms with Crippen molar-refractivity contribution in [2.24, 2.45) is 0 Å². The van der Waals surface area contributed by atoms with E-state index in [1.807, 2.05) is 20.8 Å². The van der Waals surface area contributed by atoms with Crippen molar-refractivity contribution in [1.82, 2.24) is 9.88 Å². The first-order chi connectivity index (χ1) is 7.78. The standard InChI is InChI=1S/C12H19BrN2O2/c1-12(2,3)14-6-10(16)8-15-7-9(13)4-5-11(15)17/h4-5,7,10,14,16H,6,8H2,1-3H3. The van der Waals surface area contributed by atoms with E-state index in [1.54, 1.807) is 12.3 Å². The van der Waals surface area contributed by atoms with Crippen molar-refractivity contribution in [3.8, 4) is 0 Å². The van der Waals surface area contributed by atoms with Gasteiger partial charge in [0.1, 0.15) is 0 Å². The summed E-state index contributed by atoms with van der Waals surface area (Å²) < 4.78 is 2.33. The average Bonchev–Trinajstić information content (AvgIpc) is 2.20. The zero-order valence-electron chi connectivity index (χ0n) is 10.4. The van der Waals surface area contributed by atoms with Gasteiger partial charge in [-0.25, -0.2) is 0 Å². The molecular formula is C12H19BrN2O2. The fourth-order valence-corrected chi connectivity index (χ4v) is 1.74. The van der Waals surface area contributed by atoms with Crippen LogP contribution in [0.4, 0.5) is 0 Å². The van der Waals surface area contributed by atoms with Gasteiger partial charge < -0.3 is 15.0 Å². The molecule has 0 spiro atoms. The maximum absolute atomic E-state index is 11.5. The van der Waals surface area contributed by atoms with Crippen LogP contribution in [0, 0.1) is 0 Å². The summed E-state index contributed by atoms with van der Waals surface area (Å²) in [6.45, 7) is 6.85. The van der Waals surface area contributed by atoms with Crippen molar-refractivity contribution in [2.75, 3.05) is 6.54 Å². The minimum Gasteiger partial charge on any atom is -0.390 e. The molecule has 1 atom stereocenters. The van der Waals surface area contributed by atoms with Crippen LogP contribution in [-0.4, -0.2) is 27.9 Å². The molecule has 1 heterocycles. The van der Waals surface area contributed by atoms with Gasteiger partial charge in [-0.05, 0) is 42.8 Å². The lowest BCUT2D eigenvalue weighted by molar-refractivity contribution is 0.140. The van der Waals surface area contributed by atoms with Crippen molar-refractivity contribution < 1.29 is 5.11 Å². The van der Waals surface area contributed by atoms with Gasteiger partial charge in [0.2, 0.25) is 0 Å². The summed E-state index contributed by atoms with van der Waals surface area (Å²) >= 11 is 3.30.